The number of hydrogen-bond donors (Lipinski definition) is 1. The number of carbonyl (C=O) groups is 1. The molecule has 0 saturated heterocycles. The standard InChI is InChI=1S/C21H18O2.C6H14O/c22-20(18-12-6-2-7-13-18)21(23,19-14-8-3-9-15-19)16-17-10-4-1-5-11-17;1-3-5-7-6-4-2/h1-15,23H,16H2;3-6H2,1-2H3. The zero-order valence-electron chi connectivity index (χ0n) is 18.0. The first-order valence-electron chi connectivity index (χ1n) is 10.6. The molecule has 30 heavy (non-hydrogen) atoms. The average Bonchev–Trinajstić information content (AvgIpc) is 2.81. The second-order valence-electron chi connectivity index (χ2n) is 7.20. The van der Waals surface area contributed by atoms with Crippen molar-refractivity contribution in [3.8, 4) is 0 Å². The number of Topliss-reactive ketones (excluding diaryl/α,β-unsaturated/α-hetero) is 1. The second-order valence-corrected chi connectivity index (χ2v) is 7.20. The van der Waals surface area contributed by atoms with Crippen LogP contribution in [0, 0.1) is 0 Å². The molecular formula is C27H32O3. The highest BCUT2D eigenvalue weighted by atomic mass is 16.5. The van der Waals surface area contributed by atoms with Crippen LogP contribution in [-0.2, 0) is 16.8 Å². The van der Waals surface area contributed by atoms with Crippen molar-refractivity contribution < 1.29 is 14.6 Å². The van der Waals surface area contributed by atoms with Gasteiger partial charge in [0.1, 0.15) is 0 Å². The molecule has 0 aromatic heterocycles. The molecule has 0 spiro atoms. The Hall–Kier alpha value is -2.75. The summed E-state index contributed by atoms with van der Waals surface area (Å²) in [6.45, 7) is 6.09. The summed E-state index contributed by atoms with van der Waals surface area (Å²) in [5, 5.41) is 11.3. The van der Waals surface area contributed by atoms with Gasteiger partial charge in [-0.3, -0.25) is 4.79 Å². The molecular weight excluding hydrogens is 372 g/mol. The fourth-order valence-corrected chi connectivity index (χ4v) is 3.14. The average molecular weight is 405 g/mol. The topological polar surface area (TPSA) is 46.5 Å². The lowest BCUT2D eigenvalue weighted by atomic mass is 9.81. The second kappa shape index (κ2) is 12.7. The molecule has 0 aliphatic heterocycles. The molecule has 0 saturated carbocycles. The zero-order chi connectivity index (χ0) is 21.7. The van der Waals surface area contributed by atoms with Gasteiger partial charge in [-0.15, -0.1) is 0 Å². The lowest BCUT2D eigenvalue weighted by Gasteiger charge is -2.27. The van der Waals surface area contributed by atoms with Gasteiger partial charge in [0.25, 0.3) is 0 Å². The van der Waals surface area contributed by atoms with Gasteiger partial charge in [0.15, 0.2) is 11.4 Å². The van der Waals surface area contributed by atoms with Crippen LogP contribution >= 0.6 is 0 Å². The van der Waals surface area contributed by atoms with Gasteiger partial charge >= 0.3 is 0 Å². The molecule has 1 atom stereocenters. The summed E-state index contributed by atoms with van der Waals surface area (Å²) in [6, 6.07) is 27.7. The van der Waals surface area contributed by atoms with E-state index in [0.717, 1.165) is 31.6 Å². The van der Waals surface area contributed by atoms with Crippen molar-refractivity contribution in [2.45, 2.75) is 38.7 Å². The Morgan fingerprint density at radius 1 is 0.767 bits per heavy atom. The lowest BCUT2D eigenvalue weighted by molar-refractivity contribution is 0.0299. The zero-order valence-corrected chi connectivity index (χ0v) is 18.0. The molecule has 3 rings (SSSR count). The number of aliphatic hydroxyl groups is 1. The predicted octanol–water partition coefficient (Wildman–Crippen LogP) is 5.82. The summed E-state index contributed by atoms with van der Waals surface area (Å²) < 4.78 is 5.13. The maximum Gasteiger partial charge on any atom is 0.199 e. The Morgan fingerprint density at radius 2 is 1.23 bits per heavy atom. The van der Waals surface area contributed by atoms with E-state index in [2.05, 4.69) is 13.8 Å². The normalized spacial score (nSPS) is 12.4. The Morgan fingerprint density at radius 3 is 1.73 bits per heavy atom. The number of rotatable bonds is 9. The molecule has 3 aromatic rings. The van der Waals surface area contributed by atoms with Crippen molar-refractivity contribution in [2.75, 3.05) is 13.2 Å². The van der Waals surface area contributed by atoms with Gasteiger partial charge in [0, 0.05) is 25.2 Å². The third-order valence-electron chi connectivity index (χ3n) is 4.66. The first-order chi connectivity index (χ1) is 14.6. The van der Waals surface area contributed by atoms with Crippen LogP contribution in [0.4, 0.5) is 0 Å². The lowest BCUT2D eigenvalue weighted by Crippen LogP contribution is -2.38. The number of carbonyl (C=O) groups excluding carboxylic acids is 1. The van der Waals surface area contributed by atoms with Crippen LogP contribution in [0.3, 0.4) is 0 Å². The van der Waals surface area contributed by atoms with Gasteiger partial charge in [0.2, 0.25) is 0 Å². The molecule has 158 valence electrons. The molecule has 1 N–H and O–H groups in total. The third kappa shape index (κ3) is 6.94. The molecule has 0 bridgehead atoms. The van der Waals surface area contributed by atoms with Gasteiger partial charge in [-0.2, -0.15) is 0 Å². The van der Waals surface area contributed by atoms with Crippen molar-refractivity contribution in [1.82, 2.24) is 0 Å². The third-order valence-corrected chi connectivity index (χ3v) is 4.66. The van der Waals surface area contributed by atoms with E-state index in [1.165, 1.54) is 0 Å². The van der Waals surface area contributed by atoms with Crippen LogP contribution in [-0.4, -0.2) is 24.1 Å². The molecule has 3 heteroatoms. The van der Waals surface area contributed by atoms with E-state index in [0.29, 0.717) is 11.1 Å². The molecule has 1 unspecified atom stereocenters. The quantitative estimate of drug-likeness (QED) is 0.361. The maximum atomic E-state index is 13.0. The summed E-state index contributed by atoms with van der Waals surface area (Å²) in [5.74, 6) is -0.284. The van der Waals surface area contributed by atoms with E-state index < -0.39 is 5.60 Å². The van der Waals surface area contributed by atoms with E-state index in [4.69, 9.17) is 4.74 Å². The summed E-state index contributed by atoms with van der Waals surface area (Å²) in [7, 11) is 0. The molecule has 3 nitrogen and oxygen atoms in total. The van der Waals surface area contributed by atoms with Crippen molar-refractivity contribution in [2.24, 2.45) is 0 Å². The van der Waals surface area contributed by atoms with Gasteiger partial charge in [-0.1, -0.05) is 105 Å². The van der Waals surface area contributed by atoms with E-state index in [1.54, 1.807) is 36.4 Å². The first kappa shape index (κ1) is 23.5. The smallest absolute Gasteiger partial charge is 0.199 e. The molecule has 3 aromatic carbocycles. The predicted molar refractivity (Wildman–Crippen MR) is 123 cm³/mol. The van der Waals surface area contributed by atoms with Crippen LogP contribution in [0.25, 0.3) is 0 Å². The highest BCUT2D eigenvalue weighted by molar-refractivity contribution is 6.03. The van der Waals surface area contributed by atoms with E-state index in [1.807, 2.05) is 54.6 Å². The van der Waals surface area contributed by atoms with Crippen molar-refractivity contribution in [3.63, 3.8) is 0 Å². The molecule has 0 aliphatic rings. The van der Waals surface area contributed by atoms with Crippen LogP contribution in [0.15, 0.2) is 91.0 Å². The molecule has 0 aliphatic carbocycles. The van der Waals surface area contributed by atoms with Gasteiger partial charge < -0.3 is 9.84 Å². The SMILES string of the molecule is CCCOCCC.O=C(c1ccccc1)C(O)(Cc1ccccc1)c1ccccc1. The Labute approximate surface area is 180 Å². The van der Waals surface area contributed by atoms with Crippen LogP contribution in [0.1, 0.15) is 48.2 Å². The monoisotopic (exact) mass is 404 g/mol. The summed E-state index contributed by atoms with van der Waals surface area (Å²) in [4.78, 5) is 13.0. The van der Waals surface area contributed by atoms with E-state index in [9.17, 15) is 9.90 Å². The number of ketones is 1. The van der Waals surface area contributed by atoms with Crippen LogP contribution < -0.4 is 0 Å². The molecule has 0 amide bonds. The highest BCUT2D eigenvalue weighted by Crippen LogP contribution is 2.30. The molecule has 0 radical (unpaired) electrons. The molecule has 0 heterocycles. The summed E-state index contributed by atoms with van der Waals surface area (Å²) >= 11 is 0. The van der Waals surface area contributed by atoms with Crippen molar-refractivity contribution in [1.29, 1.82) is 0 Å². The first-order valence-corrected chi connectivity index (χ1v) is 10.6. The number of ether oxygens (including phenoxy) is 1. The number of hydrogen-bond acceptors (Lipinski definition) is 3. The summed E-state index contributed by atoms with van der Waals surface area (Å²) in [5.41, 5.74) is 0.458. The van der Waals surface area contributed by atoms with Crippen molar-refractivity contribution in [3.05, 3.63) is 108 Å². The Bertz CT molecular complexity index is 843. The van der Waals surface area contributed by atoms with Gasteiger partial charge in [-0.25, -0.2) is 0 Å². The minimum Gasteiger partial charge on any atom is -0.381 e. The van der Waals surface area contributed by atoms with Crippen LogP contribution in [0.2, 0.25) is 0 Å². The fourth-order valence-electron chi connectivity index (χ4n) is 3.14. The van der Waals surface area contributed by atoms with Crippen molar-refractivity contribution >= 4 is 5.78 Å². The van der Waals surface area contributed by atoms with E-state index in [-0.39, 0.29) is 12.2 Å². The highest BCUT2D eigenvalue weighted by Gasteiger charge is 2.38. The molecule has 0 fully saturated rings. The number of benzene rings is 3. The van der Waals surface area contributed by atoms with Gasteiger partial charge in [-0.05, 0) is 24.0 Å². The van der Waals surface area contributed by atoms with Gasteiger partial charge in [0.05, 0.1) is 0 Å². The fraction of sp³-hybridized carbons (Fsp3) is 0.296. The van der Waals surface area contributed by atoms with E-state index >= 15 is 0 Å². The van der Waals surface area contributed by atoms with Crippen LogP contribution in [0.5, 0.6) is 0 Å². The maximum absolute atomic E-state index is 13.0. The largest absolute Gasteiger partial charge is 0.381 e. The Kier molecular flexibility index (Phi) is 9.99. The summed E-state index contributed by atoms with van der Waals surface area (Å²) in [6.07, 6.45) is 2.52. The minimum atomic E-state index is -1.58. The Balaban J connectivity index is 0.000000396. The minimum absolute atomic E-state index is 0.242.